The topological polar surface area (TPSA) is 109 Å². The van der Waals surface area contributed by atoms with Crippen molar-refractivity contribution >= 4 is 33.5 Å². The van der Waals surface area contributed by atoms with Crippen molar-refractivity contribution < 1.29 is 29.6 Å². The number of ether oxygens (including phenoxy) is 2. The Kier molecular flexibility index (Phi) is 6.54. The summed E-state index contributed by atoms with van der Waals surface area (Å²) in [4.78, 5) is 16.7. The van der Waals surface area contributed by atoms with Crippen LogP contribution >= 0.6 is 27.5 Å². The normalized spacial score (nSPS) is 31.1. The number of fused-ring (bicyclic) bond motifs is 3. The van der Waals surface area contributed by atoms with Gasteiger partial charge in [0.05, 0.1) is 18.6 Å². The van der Waals surface area contributed by atoms with Gasteiger partial charge in [0.25, 0.3) is 0 Å². The molecule has 0 bridgehead atoms. The predicted molar refractivity (Wildman–Crippen MR) is 130 cm³/mol. The van der Waals surface area contributed by atoms with Gasteiger partial charge in [-0.05, 0) is 12.5 Å². The fourth-order valence-electron chi connectivity index (χ4n) is 5.49. The van der Waals surface area contributed by atoms with Crippen LogP contribution in [0.3, 0.4) is 0 Å². The van der Waals surface area contributed by atoms with Crippen LogP contribution in [-0.2, 0) is 10.4 Å². The molecule has 3 N–H and O–H groups in total. The average molecular weight is 551 g/mol. The highest BCUT2D eigenvalue weighted by molar-refractivity contribution is 9.11. The number of benzene rings is 1. The first-order valence-corrected chi connectivity index (χ1v) is 11.9. The molecule has 0 unspecified atom stereocenters. The van der Waals surface area contributed by atoms with Gasteiger partial charge in [0, 0.05) is 22.4 Å². The zero-order chi connectivity index (χ0) is 24.8. The molecule has 6 atom stereocenters. The van der Waals surface area contributed by atoms with Crippen molar-refractivity contribution in [3.8, 4) is 11.6 Å². The highest BCUT2D eigenvalue weighted by Gasteiger charge is 2.79. The second-order valence-corrected chi connectivity index (χ2v) is 9.81. The van der Waals surface area contributed by atoms with Gasteiger partial charge in [0.2, 0.25) is 5.88 Å². The third-order valence-electron chi connectivity index (χ3n) is 6.90. The minimum atomic E-state index is -2.17. The Morgan fingerprint density at radius 2 is 2.03 bits per heavy atom. The van der Waals surface area contributed by atoms with Crippen molar-refractivity contribution in [2.75, 3.05) is 7.11 Å². The fourth-order valence-corrected chi connectivity index (χ4v) is 5.81. The second-order valence-electron chi connectivity index (χ2n) is 8.51. The number of hydrogen-bond donors (Lipinski definition) is 3. The molecular weight excluding hydrogens is 526 g/mol. The van der Waals surface area contributed by atoms with E-state index in [1.165, 1.54) is 13.2 Å². The summed E-state index contributed by atoms with van der Waals surface area (Å²) >= 11 is 9.63. The van der Waals surface area contributed by atoms with Gasteiger partial charge < -0.3 is 24.8 Å². The molecule has 0 radical (unpaired) electrons. The third kappa shape index (κ3) is 3.39. The molecule has 1 fully saturated rings. The lowest BCUT2D eigenvalue weighted by molar-refractivity contribution is -0.165. The maximum absolute atomic E-state index is 12.5. The number of pyridine rings is 1. The Balaban J connectivity index is 2.07. The SMILES string of the molecule is C/C=C(Br)\C=C/[C@@H](C)[C@@]12Oc3cc(Cl)nc(OC)c3[C@]1(O)[C@H](O)[C@H](C(=O)O)[C@H]2c1ccccc1. The summed E-state index contributed by atoms with van der Waals surface area (Å²) in [5.74, 6) is -3.97. The van der Waals surface area contributed by atoms with E-state index in [4.69, 9.17) is 21.1 Å². The largest absolute Gasteiger partial charge is 0.482 e. The van der Waals surface area contributed by atoms with E-state index in [2.05, 4.69) is 20.9 Å². The highest BCUT2D eigenvalue weighted by atomic mass is 79.9. The van der Waals surface area contributed by atoms with E-state index in [1.807, 2.05) is 32.1 Å². The van der Waals surface area contributed by atoms with Crippen molar-refractivity contribution in [1.82, 2.24) is 4.98 Å². The number of methoxy groups -OCH3 is 1. The Hall–Kier alpha value is -2.39. The lowest BCUT2D eigenvalue weighted by Crippen LogP contribution is -2.58. The summed E-state index contributed by atoms with van der Waals surface area (Å²) in [7, 11) is 1.36. The van der Waals surface area contributed by atoms with E-state index >= 15 is 0 Å². The first kappa shape index (κ1) is 24.7. The maximum atomic E-state index is 12.5. The van der Waals surface area contributed by atoms with Gasteiger partial charge in [-0.3, -0.25) is 4.79 Å². The molecular formula is C25H25BrClNO6. The number of aliphatic hydroxyl groups is 2. The van der Waals surface area contributed by atoms with E-state index < -0.39 is 41.0 Å². The molecule has 9 heteroatoms. The van der Waals surface area contributed by atoms with Gasteiger partial charge in [0.1, 0.15) is 17.0 Å². The van der Waals surface area contributed by atoms with Crippen LogP contribution < -0.4 is 9.47 Å². The lowest BCUT2D eigenvalue weighted by Gasteiger charge is -2.43. The summed E-state index contributed by atoms with van der Waals surface area (Å²) in [5.41, 5.74) is -3.08. The van der Waals surface area contributed by atoms with Crippen LogP contribution in [0.4, 0.5) is 0 Å². The number of nitrogens with zero attached hydrogens (tertiary/aromatic N) is 1. The molecule has 1 aliphatic heterocycles. The predicted octanol–water partition coefficient (Wildman–Crippen LogP) is 4.41. The summed E-state index contributed by atoms with van der Waals surface area (Å²) in [6.07, 6.45) is 3.74. The average Bonchev–Trinajstić information content (AvgIpc) is 3.20. The first-order valence-electron chi connectivity index (χ1n) is 10.8. The van der Waals surface area contributed by atoms with E-state index in [0.717, 1.165) is 4.48 Å². The molecule has 0 spiro atoms. The zero-order valence-corrected chi connectivity index (χ0v) is 21.1. The molecule has 1 aliphatic carbocycles. The molecule has 1 aromatic carbocycles. The number of aromatic nitrogens is 1. The summed E-state index contributed by atoms with van der Waals surface area (Å²) in [6, 6.07) is 10.4. The van der Waals surface area contributed by atoms with E-state index in [0.29, 0.717) is 5.56 Å². The molecule has 0 saturated heterocycles. The van der Waals surface area contributed by atoms with Crippen molar-refractivity contribution in [3.05, 3.63) is 75.4 Å². The number of carboxylic acid groups (broad SMARTS) is 1. The second kappa shape index (κ2) is 9.00. The monoisotopic (exact) mass is 549 g/mol. The first-order chi connectivity index (χ1) is 16.1. The van der Waals surface area contributed by atoms with Gasteiger partial charge in [-0.25, -0.2) is 4.98 Å². The van der Waals surface area contributed by atoms with Gasteiger partial charge in [-0.15, -0.1) is 0 Å². The number of hydrogen-bond acceptors (Lipinski definition) is 6. The van der Waals surface area contributed by atoms with Crippen LogP contribution in [0.15, 0.2) is 59.1 Å². The highest BCUT2D eigenvalue weighted by Crippen LogP contribution is 2.68. The minimum Gasteiger partial charge on any atom is -0.482 e. The number of halogens is 2. The molecule has 2 heterocycles. The molecule has 4 rings (SSSR count). The maximum Gasteiger partial charge on any atom is 0.310 e. The van der Waals surface area contributed by atoms with Crippen molar-refractivity contribution in [3.63, 3.8) is 0 Å². The molecule has 0 amide bonds. The van der Waals surface area contributed by atoms with Gasteiger partial charge in [0.15, 0.2) is 11.2 Å². The van der Waals surface area contributed by atoms with Crippen LogP contribution in [0.5, 0.6) is 11.6 Å². The number of aliphatic hydroxyl groups excluding tert-OH is 1. The Labute approximate surface area is 210 Å². The van der Waals surface area contributed by atoms with E-state index in [1.54, 1.807) is 30.3 Å². The number of carboxylic acids is 1. The van der Waals surface area contributed by atoms with Gasteiger partial charge in [-0.1, -0.05) is 83.0 Å². The number of allylic oxidation sites excluding steroid dienone is 3. The molecule has 180 valence electrons. The third-order valence-corrected chi connectivity index (χ3v) is 7.81. The van der Waals surface area contributed by atoms with Crippen LogP contribution in [0.25, 0.3) is 0 Å². The molecule has 7 nitrogen and oxygen atoms in total. The Bertz CT molecular complexity index is 1170. The molecule has 2 aliphatic rings. The quantitative estimate of drug-likeness (QED) is 0.361. The number of rotatable bonds is 6. The Morgan fingerprint density at radius 1 is 1.35 bits per heavy atom. The lowest BCUT2D eigenvalue weighted by atomic mass is 9.68. The van der Waals surface area contributed by atoms with Crippen molar-refractivity contribution in [2.24, 2.45) is 11.8 Å². The molecule has 2 aromatic rings. The van der Waals surface area contributed by atoms with Crippen molar-refractivity contribution in [1.29, 1.82) is 0 Å². The summed E-state index contributed by atoms with van der Waals surface area (Å²) < 4.78 is 12.7. The van der Waals surface area contributed by atoms with Crippen LogP contribution in [0.1, 0.15) is 30.9 Å². The Morgan fingerprint density at radius 3 is 2.62 bits per heavy atom. The summed E-state index contributed by atoms with van der Waals surface area (Å²) in [6.45, 7) is 3.68. The van der Waals surface area contributed by atoms with Gasteiger partial charge >= 0.3 is 5.97 Å². The standard InChI is InChI=1S/C25H25BrClNO6/c1-4-15(26)11-10-13(2)25-19(14-8-6-5-7-9-14)18(23(30)31)21(29)24(25,32)20-16(34-25)12-17(27)28-22(20)33-3/h4-13,18-19,21,29,32H,1-3H3,(H,30,31)/b11-10-,15-4+/t13-,18-,19-,21-,24+,25+/m1/s1. The summed E-state index contributed by atoms with van der Waals surface area (Å²) in [5, 5.41) is 34.2. The van der Waals surface area contributed by atoms with E-state index in [-0.39, 0.29) is 22.3 Å². The van der Waals surface area contributed by atoms with Gasteiger partial charge in [-0.2, -0.15) is 0 Å². The smallest absolute Gasteiger partial charge is 0.310 e. The van der Waals surface area contributed by atoms with Crippen molar-refractivity contribution in [2.45, 2.75) is 37.1 Å². The molecule has 1 saturated carbocycles. The van der Waals surface area contributed by atoms with Crippen LogP contribution in [0, 0.1) is 11.8 Å². The molecule has 34 heavy (non-hydrogen) atoms. The van der Waals surface area contributed by atoms with Crippen LogP contribution in [0.2, 0.25) is 5.15 Å². The van der Waals surface area contributed by atoms with Crippen LogP contribution in [-0.4, -0.2) is 45.1 Å². The fraction of sp³-hybridized carbons (Fsp3) is 0.360. The van der Waals surface area contributed by atoms with E-state index in [9.17, 15) is 20.1 Å². The number of carbonyl (C=O) groups is 1. The zero-order valence-electron chi connectivity index (χ0n) is 18.8. The minimum absolute atomic E-state index is 0.0328. The molecule has 1 aromatic heterocycles. The number of aliphatic carboxylic acids is 1.